The lowest BCUT2D eigenvalue weighted by atomic mass is 9.69. The van der Waals surface area contributed by atoms with E-state index in [1.165, 1.54) is 35.7 Å². The lowest BCUT2D eigenvalue weighted by molar-refractivity contribution is -0.131. The summed E-state index contributed by atoms with van der Waals surface area (Å²) in [5, 5.41) is 12.7. The molecule has 0 aromatic heterocycles. The lowest BCUT2D eigenvalue weighted by Gasteiger charge is -2.41. The number of sulfonamides is 1. The fourth-order valence-corrected chi connectivity index (χ4v) is 6.41. The SMILES string of the molecule is CC(C)(C)C1CCCCC1NCC(=O)N1CCN(S(=O)(=O)c2ccccc2C#N)CC1. The zero-order valence-electron chi connectivity index (χ0n) is 18.8. The molecule has 2 atom stereocenters. The molecule has 2 aliphatic rings. The van der Waals surface area contributed by atoms with Gasteiger partial charge in [0.15, 0.2) is 0 Å². The normalized spacial score (nSPS) is 23.4. The van der Waals surface area contributed by atoms with Crippen molar-refractivity contribution >= 4 is 15.9 Å². The third-order valence-electron chi connectivity index (χ3n) is 6.61. The molecule has 1 aromatic carbocycles. The molecular weight excluding hydrogens is 412 g/mol. The van der Waals surface area contributed by atoms with Gasteiger partial charge in [0.25, 0.3) is 0 Å². The van der Waals surface area contributed by atoms with E-state index in [1.807, 2.05) is 6.07 Å². The molecule has 0 radical (unpaired) electrons. The third-order valence-corrected chi connectivity index (χ3v) is 8.57. The van der Waals surface area contributed by atoms with Gasteiger partial charge in [-0.25, -0.2) is 8.42 Å². The predicted molar refractivity (Wildman–Crippen MR) is 120 cm³/mol. The van der Waals surface area contributed by atoms with Crippen LogP contribution in [-0.2, 0) is 14.8 Å². The number of carbonyl (C=O) groups excluding carboxylic acids is 1. The topological polar surface area (TPSA) is 93.5 Å². The van der Waals surface area contributed by atoms with Crippen LogP contribution in [-0.4, -0.2) is 62.3 Å². The van der Waals surface area contributed by atoms with Gasteiger partial charge < -0.3 is 10.2 Å². The highest BCUT2D eigenvalue weighted by Crippen LogP contribution is 2.37. The Bertz CT molecular complexity index is 925. The number of benzene rings is 1. The number of piperazine rings is 1. The van der Waals surface area contributed by atoms with Gasteiger partial charge in [0, 0.05) is 32.2 Å². The second-order valence-electron chi connectivity index (χ2n) is 9.64. The van der Waals surface area contributed by atoms with Crippen LogP contribution in [0.15, 0.2) is 29.2 Å². The Hall–Kier alpha value is -1.95. The summed E-state index contributed by atoms with van der Waals surface area (Å²) >= 11 is 0. The lowest BCUT2D eigenvalue weighted by Crippen LogP contribution is -2.54. The Balaban J connectivity index is 1.56. The van der Waals surface area contributed by atoms with Gasteiger partial charge in [0.05, 0.1) is 17.0 Å². The maximum Gasteiger partial charge on any atom is 0.244 e. The van der Waals surface area contributed by atoms with E-state index in [9.17, 15) is 18.5 Å². The number of hydrogen-bond acceptors (Lipinski definition) is 5. The van der Waals surface area contributed by atoms with E-state index in [4.69, 9.17) is 0 Å². The van der Waals surface area contributed by atoms with Gasteiger partial charge >= 0.3 is 0 Å². The van der Waals surface area contributed by atoms with Crippen LogP contribution in [0, 0.1) is 22.7 Å². The highest BCUT2D eigenvalue weighted by molar-refractivity contribution is 7.89. The maximum atomic E-state index is 13.0. The summed E-state index contributed by atoms with van der Waals surface area (Å²) in [7, 11) is -3.75. The molecule has 1 aliphatic heterocycles. The molecule has 2 fully saturated rings. The molecule has 1 saturated carbocycles. The number of nitriles is 1. The van der Waals surface area contributed by atoms with E-state index < -0.39 is 10.0 Å². The van der Waals surface area contributed by atoms with E-state index in [1.54, 1.807) is 17.0 Å². The van der Waals surface area contributed by atoms with Crippen LogP contribution in [0.25, 0.3) is 0 Å². The molecule has 1 amide bonds. The molecule has 7 nitrogen and oxygen atoms in total. The molecule has 1 N–H and O–H groups in total. The molecule has 170 valence electrons. The van der Waals surface area contributed by atoms with Gasteiger partial charge in [-0.1, -0.05) is 45.7 Å². The Morgan fingerprint density at radius 3 is 2.42 bits per heavy atom. The van der Waals surface area contributed by atoms with Crippen LogP contribution in [0.1, 0.15) is 52.0 Å². The fraction of sp³-hybridized carbons (Fsp3) is 0.652. The maximum absolute atomic E-state index is 13.0. The van der Waals surface area contributed by atoms with Crippen LogP contribution in [0.3, 0.4) is 0 Å². The quantitative estimate of drug-likeness (QED) is 0.750. The van der Waals surface area contributed by atoms with Crippen molar-refractivity contribution in [2.45, 2.75) is 57.4 Å². The van der Waals surface area contributed by atoms with E-state index in [0.29, 0.717) is 31.6 Å². The number of rotatable bonds is 5. The second kappa shape index (κ2) is 9.68. The first kappa shape index (κ1) is 23.7. The molecule has 0 bridgehead atoms. The van der Waals surface area contributed by atoms with Crippen LogP contribution in [0.5, 0.6) is 0 Å². The first-order valence-corrected chi connectivity index (χ1v) is 12.6. The first-order valence-electron chi connectivity index (χ1n) is 11.1. The van der Waals surface area contributed by atoms with E-state index >= 15 is 0 Å². The van der Waals surface area contributed by atoms with E-state index in [2.05, 4.69) is 26.1 Å². The van der Waals surface area contributed by atoms with E-state index in [0.717, 1.165) is 6.42 Å². The Kier molecular flexibility index (Phi) is 7.40. The number of carbonyl (C=O) groups is 1. The van der Waals surface area contributed by atoms with Crippen LogP contribution in [0.4, 0.5) is 0 Å². The zero-order chi connectivity index (χ0) is 22.6. The van der Waals surface area contributed by atoms with Crippen molar-refractivity contribution in [3.8, 4) is 6.07 Å². The largest absolute Gasteiger partial charge is 0.339 e. The minimum atomic E-state index is -3.75. The number of nitrogens with one attached hydrogen (secondary N) is 1. The van der Waals surface area contributed by atoms with Crippen molar-refractivity contribution in [2.75, 3.05) is 32.7 Å². The van der Waals surface area contributed by atoms with Gasteiger partial charge in [0.2, 0.25) is 15.9 Å². The van der Waals surface area contributed by atoms with Gasteiger partial charge in [0.1, 0.15) is 6.07 Å². The van der Waals surface area contributed by atoms with Crippen LogP contribution >= 0.6 is 0 Å². The fourth-order valence-electron chi connectivity index (χ4n) is 4.84. The van der Waals surface area contributed by atoms with Crippen molar-refractivity contribution in [1.29, 1.82) is 5.26 Å². The van der Waals surface area contributed by atoms with Crippen molar-refractivity contribution in [2.24, 2.45) is 11.3 Å². The second-order valence-corrected chi connectivity index (χ2v) is 11.5. The molecule has 2 unspecified atom stereocenters. The van der Waals surface area contributed by atoms with Crippen molar-refractivity contribution < 1.29 is 13.2 Å². The minimum Gasteiger partial charge on any atom is -0.339 e. The highest BCUT2D eigenvalue weighted by Gasteiger charge is 2.35. The smallest absolute Gasteiger partial charge is 0.244 e. The van der Waals surface area contributed by atoms with Crippen LogP contribution < -0.4 is 5.32 Å². The Morgan fingerprint density at radius 1 is 1.13 bits per heavy atom. The summed E-state index contributed by atoms with van der Waals surface area (Å²) in [6, 6.07) is 8.54. The van der Waals surface area contributed by atoms with Gasteiger partial charge in [-0.2, -0.15) is 9.57 Å². The van der Waals surface area contributed by atoms with Crippen molar-refractivity contribution in [3.63, 3.8) is 0 Å². The molecule has 1 aliphatic carbocycles. The average Bonchev–Trinajstić information content (AvgIpc) is 2.77. The standard InChI is InChI=1S/C23H34N4O3S/c1-23(2,3)19-9-5-6-10-20(19)25-17-22(28)26-12-14-27(15-13-26)31(29,30)21-11-7-4-8-18(21)16-24/h4,7-8,11,19-20,25H,5-6,9-10,12-15,17H2,1-3H3. The first-order chi connectivity index (χ1) is 14.6. The van der Waals surface area contributed by atoms with E-state index in [-0.39, 0.29) is 34.9 Å². The summed E-state index contributed by atoms with van der Waals surface area (Å²) in [6.45, 7) is 8.30. The highest BCUT2D eigenvalue weighted by atomic mass is 32.2. The molecule has 31 heavy (non-hydrogen) atoms. The molecular formula is C23H34N4O3S. The van der Waals surface area contributed by atoms with Gasteiger partial charge in [-0.05, 0) is 36.3 Å². The summed E-state index contributed by atoms with van der Waals surface area (Å²) in [4.78, 5) is 14.5. The Morgan fingerprint density at radius 2 is 1.77 bits per heavy atom. The summed E-state index contributed by atoms with van der Waals surface area (Å²) in [5.41, 5.74) is 0.354. The number of nitrogens with zero attached hydrogens (tertiary/aromatic N) is 3. The Labute approximate surface area is 186 Å². The minimum absolute atomic E-state index is 0.0210. The number of hydrogen-bond donors (Lipinski definition) is 1. The van der Waals surface area contributed by atoms with Gasteiger partial charge in [-0.15, -0.1) is 0 Å². The molecule has 1 heterocycles. The molecule has 8 heteroatoms. The predicted octanol–water partition coefficient (Wildman–Crippen LogP) is 2.59. The molecule has 1 saturated heterocycles. The molecule has 1 aromatic rings. The average molecular weight is 447 g/mol. The summed E-state index contributed by atoms with van der Waals surface area (Å²) in [5.74, 6) is 0.573. The van der Waals surface area contributed by atoms with Crippen molar-refractivity contribution in [3.05, 3.63) is 29.8 Å². The summed E-state index contributed by atoms with van der Waals surface area (Å²) < 4.78 is 27.3. The van der Waals surface area contributed by atoms with Gasteiger partial charge in [-0.3, -0.25) is 4.79 Å². The monoisotopic (exact) mass is 446 g/mol. The number of amides is 1. The zero-order valence-corrected chi connectivity index (χ0v) is 19.6. The third kappa shape index (κ3) is 5.46. The van der Waals surface area contributed by atoms with Crippen molar-refractivity contribution in [1.82, 2.24) is 14.5 Å². The molecule has 0 spiro atoms. The summed E-state index contributed by atoms with van der Waals surface area (Å²) in [6.07, 6.45) is 4.73. The van der Waals surface area contributed by atoms with Crippen LogP contribution in [0.2, 0.25) is 0 Å². The molecule has 3 rings (SSSR count).